The summed E-state index contributed by atoms with van der Waals surface area (Å²) in [7, 11) is 0. The normalized spacial score (nSPS) is 15.0. The van der Waals surface area contributed by atoms with Crippen LogP contribution in [0.25, 0.3) is 10.8 Å². The van der Waals surface area contributed by atoms with Gasteiger partial charge in [0.2, 0.25) is 0 Å². The standard InChI is InChI=1S/C20H28N2O2.ClH/c1-2-8-19-18(6-1)7-5-9-20(19)24-15-4-3-10-21-11-12-22-13-16-23-17-14-22;/h1-2,5-9,21H,3-4,10-17H2;1H. The van der Waals surface area contributed by atoms with Crippen LogP contribution >= 0.6 is 12.4 Å². The van der Waals surface area contributed by atoms with E-state index < -0.39 is 0 Å². The van der Waals surface area contributed by atoms with Crippen LogP contribution in [0.1, 0.15) is 12.8 Å². The molecule has 25 heavy (non-hydrogen) atoms. The van der Waals surface area contributed by atoms with E-state index >= 15 is 0 Å². The van der Waals surface area contributed by atoms with E-state index in [0.29, 0.717) is 0 Å². The fourth-order valence-electron chi connectivity index (χ4n) is 3.04. The van der Waals surface area contributed by atoms with Crippen LogP contribution in [-0.4, -0.2) is 57.4 Å². The van der Waals surface area contributed by atoms with Gasteiger partial charge in [-0.1, -0.05) is 36.4 Å². The van der Waals surface area contributed by atoms with Crippen molar-refractivity contribution in [1.82, 2.24) is 10.2 Å². The molecule has 1 N–H and O–H groups in total. The molecule has 1 aliphatic heterocycles. The Balaban J connectivity index is 0.00000225. The molecule has 0 spiro atoms. The van der Waals surface area contributed by atoms with Crippen molar-refractivity contribution in [3.05, 3.63) is 42.5 Å². The molecule has 0 saturated carbocycles. The van der Waals surface area contributed by atoms with E-state index in [2.05, 4.69) is 52.7 Å². The molecule has 1 saturated heterocycles. The van der Waals surface area contributed by atoms with Crippen LogP contribution in [0.3, 0.4) is 0 Å². The Kier molecular flexibility index (Phi) is 9.05. The SMILES string of the molecule is Cl.c1ccc2c(OCCCCNCCN3CCOCC3)cccc2c1. The lowest BCUT2D eigenvalue weighted by atomic mass is 10.1. The summed E-state index contributed by atoms with van der Waals surface area (Å²) in [5.74, 6) is 0.994. The van der Waals surface area contributed by atoms with Gasteiger partial charge in [-0.3, -0.25) is 4.90 Å². The monoisotopic (exact) mass is 364 g/mol. The molecule has 1 aliphatic rings. The van der Waals surface area contributed by atoms with Crippen molar-refractivity contribution in [1.29, 1.82) is 0 Å². The van der Waals surface area contributed by atoms with E-state index in [4.69, 9.17) is 9.47 Å². The number of unbranched alkanes of at least 4 members (excludes halogenated alkanes) is 1. The molecule has 0 atom stereocenters. The summed E-state index contributed by atoms with van der Waals surface area (Å²) in [5.41, 5.74) is 0. The first kappa shape index (κ1) is 20.0. The van der Waals surface area contributed by atoms with Crippen molar-refractivity contribution in [2.24, 2.45) is 0 Å². The molecule has 4 nitrogen and oxygen atoms in total. The van der Waals surface area contributed by atoms with Crippen molar-refractivity contribution < 1.29 is 9.47 Å². The smallest absolute Gasteiger partial charge is 0.127 e. The first-order chi connectivity index (χ1) is 11.9. The Morgan fingerprint density at radius 3 is 2.64 bits per heavy atom. The first-order valence-corrected chi connectivity index (χ1v) is 9.05. The second-order valence-corrected chi connectivity index (χ2v) is 6.24. The van der Waals surface area contributed by atoms with E-state index in [9.17, 15) is 0 Å². The second-order valence-electron chi connectivity index (χ2n) is 6.24. The molecule has 1 fully saturated rings. The molecule has 0 radical (unpaired) electrons. The van der Waals surface area contributed by atoms with E-state index in [1.807, 2.05) is 0 Å². The molecular weight excluding hydrogens is 336 g/mol. The molecule has 0 bridgehead atoms. The summed E-state index contributed by atoms with van der Waals surface area (Å²) < 4.78 is 11.3. The Morgan fingerprint density at radius 2 is 1.76 bits per heavy atom. The van der Waals surface area contributed by atoms with Crippen molar-refractivity contribution in [2.75, 3.05) is 52.5 Å². The second kappa shape index (κ2) is 11.3. The number of hydrogen-bond acceptors (Lipinski definition) is 4. The third-order valence-electron chi connectivity index (χ3n) is 4.46. The van der Waals surface area contributed by atoms with Gasteiger partial charge in [0.15, 0.2) is 0 Å². The van der Waals surface area contributed by atoms with Crippen LogP contribution < -0.4 is 10.1 Å². The van der Waals surface area contributed by atoms with Crippen molar-refractivity contribution in [3.8, 4) is 5.75 Å². The van der Waals surface area contributed by atoms with Gasteiger partial charge >= 0.3 is 0 Å². The predicted molar refractivity (Wildman–Crippen MR) is 106 cm³/mol. The Bertz CT molecular complexity index is 612. The number of halogens is 1. The van der Waals surface area contributed by atoms with Gasteiger partial charge in [-0.15, -0.1) is 12.4 Å². The van der Waals surface area contributed by atoms with E-state index in [-0.39, 0.29) is 12.4 Å². The summed E-state index contributed by atoms with van der Waals surface area (Å²) in [6, 6.07) is 14.6. The lowest BCUT2D eigenvalue weighted by Crippen LogP contribution is -2.40. The maximum absolute atomic E-state index is 5.97. The summed E-state index contributed by atoms with van der Waals surface area (Å²) in [4.78, 5) is 2.46. The predicted octanol–water partition coefficient (Wildman–Crippen LogP) is 3.34. The number of nitrogens with one attached hydrogen (secondary N) is 1. The number of fused-ring (bicyclic) bond motifs is 1. The topological polar surface area (TPSA) is 33.7 Å². The molecule has 1 heterocycles. The highest BCUT2D eigenvalue weighted by Crippen LogP contribution is 2.25. The first-order valence-electron chi connectivity index (χ1n) is 9.05. The molecule has 2 aromatic carbocycles. The van der Waals surface area contributed by atoms with Crippen molar-refractivity contribution in [3.63, 3.8) is 0 Å². The largest absolute Gasteiger partial charge is 0.493 e. The number of hydrogen-bond donors (Lipinski definition) is 1. The van der Waals surface area contributed by atoms with Gasteiger partial charge in [0.05, 0.1) is 19.8 Å². The van der Waals surface area contributed by atoms with Crippen molar-refractivity contribution in [2.45, 2.75) is 12.8 Å². The Labute approximate surface area is 156 Å². The molecule has 0 amide bonds. The molecule has 0 aromatic heterocycles. The van der Waals surface area contributed by atoms with Gasteiger partial charge in [0.25, 0.3) is 0 Å². The van der Waals surface area contributed by atoms with Crippen LogP contribution in [-0.2, 0) is 4.74 Å². The molecular formula is C20H29ClN2O2. The fraction of sp³-hybridized carbons (Fsp3) is 0.500. The summed E-state index contributed by atoms with van der Waals surface area (Å²) in [5, 5.41) is 5.96. The quantitative estimate of drug-likeness (QED) is 0.692. The minimum atomic E-state index is 0. The number of benzene rings is 2. The zero-order valence-corrected chi connectivity index (χ0v) is 15.6. The summed E-state index contributed by atoms with van der Waals surface area (Å²) in [6.45, 7) is 7.92. The highest BCUT2D eigenvalue weighted by atomic mass is 35.5. The lowest BCUT2D eigenvalue weighted by Gasteiger charge is -2.26. The van der Waals surface area contributed by atoms with Crippen LogP contribution in [0.2, 0.25) is 0 Å². The fourth-order valence-corrected chi connectivity index (χ4v) is 3.04. The van der Waals surface area contributed by atoms with E-state index in [0.717, 1.165) is 71.1 Å². The maximum atomic E-state index is 5.97. The number of ether oxygens (including phenoxy) is 2. The number of morpholine rings is 1. The molecule has 0 aliphatic carbocycles. The number of nitrogens with zero attached hydrogens (tertiary/aromatic N) is 1. The van der Waals surface area contributed by atoms with E-state index in [1.54, 1.807) is 0 Å². The third kappa shape index (κ3) is 6.48. The van der Waals surface area contributed by atoms with Gasteiger partial charge in [0.1, 0.15) is 5.75 Å². The van der Waals surface area contributed by atoms with Crippen LogP contribution in [0, 0.1) is 0 Å². The van der Waals surface area contributed by atoms with Gasteiger partial charge in [-0.2, -0.15) is 0 Å². The van der Waals surface area contributed by atoms with Crippen molar-refractivity contribution >= 4 is 23.2 Å². The van der Waals surface area contributed by atoms with Gasteiger partial charge in [-0.25, -0.2) is 0 Å². The van der Waals surface area contributed by atoms with Gasteiger partial charge in [0, 0.05) is 31.6 Å². The Morgan fingerprint density at radius 1 is 0.960 bits per heavy atom. The van der Waals surface area contributed by atoms with Crippen LogP contribution in [0.4, 0.5) is 0 Å². The van der Waals surface area contributed by atoms with Gasteiger partial charge < -0.3 is 14.8 Å². The summed E-state index contributed by atoms with van der Waals surface area (Å²) >= 11 is 0. The van der Waals surface area contributed by atoms with E-state index in [1.165, 1.54) is 10.8 Å². The zero-order valence-electron chi connectivity index (χ0n) is 14.8. The highest BCUT2D eigenvalue weighted by molar-refractivity contribution is 5.88. The average molecular weight is 365 g/mol. The average Bonchev–Trinajstić information content (AvgIpc) is 2.65. The molecule has 0 unspecified atom stereocenters. The molecule has 2 aromatic rings. The van der Waals surface area contributed by atoms with Crippen LogP contribution in [0.15, 0.2) is 42.5 Å². The lowest BCUT2D eigenvalue weighted by molar-refractivity contribution is 0.0384. The number of rotatable bonds is 9. The van der Waals surface area contributed by atoms with Gasteiger partial charge in [-0.05, 0) is 30.8 Å². The molecule has 138 valence electrons. The minimum Gasteiger partial charge on any atom is -0.493 e. The summed E-state index contributed by atoms with van der Waals surface area (Å²) in [6.07, 6.45) is 2.22. The van der Waals surface area contributed by atoms with Crippen LogP contribution in [0.5, 0.6) is 5.75 Å². The Hall–Kier alpha value is -1.33. The molecule has 5 heteroatoms. The maximum Gasteiger partial charge on any atom is 0.127 e. The molecule has 3 rings (SSSR count). The zero-order chi connectivity index (χ0) is 16.5. The third-order valence-corrected chi connectivity index (χ3v) is 4.46. The highest BCUT2D eigenvalue weighted by Gasteiger charge is 2.08. The minimum absolute atomic E-state index is 0.